The second kappa shape index (κ2) is 14.2. The van der Waals surface area contributed by atoms with E-state index >= 15 is 0 Å². The number of aliphatic carboxylic acids is 2. The van der Waals surface area contributed by atoms with Crippen molar-refractivity contribution in [1.29, 1.82) is 0 Å². The van der Waals surface area contributed by atoms with Gasteiger partial charge in [0.15, 0.2) is 0 Å². The Morgan fingerprint density at radius 2 is 1.39 bits per heavy atom. The molecule has 14 nitrogen and oxygen atoms in total. The maximum atomic E-state index is 12.4. The van der Waals surface area contributed by atoms with Gasteiger partial charge in [-0.2, -0.15) is 0 Å². The molecule has 5 unspecified atom stereocenters. The molecular weight excluding hydrogens is 418 g/mol. The Hall–Kier alpha value is -2.81. The summed E-state index contributed by atoms with van der Waals surface area (Å²) >= 11 is 0. The van der Waals surface area contributed by atoms with Gasteiger partial charge in [-0.1, -0.05) is 0 Å². The molecule has 0 aliphatic rings. The van der Waals surface area contributed by atoms with Gasteiger partial charge in [0.25, 0.3) is 0 Å². The van der Waals surface area contributed by atoms with Crippen LogP contribution >= 0.6 is 0 Å². The van der Waals surface area contributed by atoms with Gasteiger partial charge in [-0.05, 0) is 32.7 Å². The zero-order valence-corrected chi connectivity index (χ0v) is 17.1. The SMILES string of the molecule is CC(O)C(N)C(=O)NC(CO)C(=O)NC(CC(=O)O)C(=O)NC(CCCCN)C(=O)O. The second-order valence-electron chi connectivity index (χ2n) is 6.85. The molecule has 0 aliphatic carbocycles. The fourth-order valence-corrected chi connectivity index (χ4v) is 2.36. The highest BCUT2D eigenvalue weighted by molar-refractivity contribution is 5.95. The first-order valence-electron chi connectivity index (χ1n) is 9.54. The Bertz CT molecular complexity index is 643. The molecule has 0 saturated heterocycles. The topological polar surface area (TPSA) is 254 Å². The van der Waals surface area contributed by atoms with E-state index in [9.17, 15) is 39.3 Å². The quantitative estimate of drug-likeness (QED) is 0.108. The number of carbonyl (C=O) groups is 5. The first kappa shape index (κ1) is 28.2. The van der Waals surface area contributed by atoms with Crippen LogP contribution in [0.3, 0.4) is 0 Å². The first-order chi connectivity index (χ1) is 14.4. The molecule has 5 atom stereocenters. The number of unbranched alkanes of at least 4 members (excludes halogenated alkanes) is 1. The van der Waals surface area contributed by atoms with Crippen LogP contribution < -0.4 is 27.4 Å². The van der Waals surface area contributed by atoms with Crippen LogP contribution in [-0.4, -0.2) is 93.5 Å². The number of nitrogens with two attached hydrogens (primary N) is 2. The monoisotopic (exact) mass is 449 g/mol. The van der Waals surface area contributed by atoms with Crippen LogP contribution in [0.5, 0.6) is 0 Å². The van der Waals surface area contributed by atoms with E-state index in [1.807, 2.05) is 0 Å². The van der Waals surface area contributed by atoms with E-state index < -0.39 is 73.0 Å². The third-order valence-corrected chi connectivity index (χ3v) is 4.21. The van der Waals surface area contributed by atoms with Gasteiger partial charge in [-0.15, -0.1) is 0 Å². The normalized spacial score (nSPS) is 15.6. The van der Waals surface area contributed by atoms with Gasteiger partial charge in [0.1, 0.15) is 24.2 Å². The van der Waals surface area contributed by atoms with E-state index in [2.05, 4.69) is 16.0 Å². The summed E-state index contributed by atoms with van der Waals surface area (Å²) in [7, 11) is 0. The van der Waals surface area contributed by atoms with E-state index in [-0.39, 0.29) is 6.42 Å². The maximum Gasteiger partial charge on any atom is 0.326 e. The minimum absolute atomic E-state index is 0.0402. The predicted octanol–water partition coefficient (Wildman–Crippen LogP) is -4.17. The third kappa shape index (κ3) is 10.7. The van der Waals surface area contributed by atoms with Crippen molar-refractivity contribution in [2.45, 2.75) is 62.9 Å². The molecule has 31 heavy (non-hydrogen) atoms. The smallest absolute Gasteiger partial charge is 0.326 e. The van der Waals surface area contributed by atoms with Crippen molar-refractivity contribution < 1.29 is 44.4 Å². The molecule has 0 aliphatic heterocycles. The number of carboxylic acid groups (broad SMARTS) is 2. The Labute approximate surface area is 178 Å². The Balaban J connectivity index is 5.25. The molecule has 0 spiro atoms. The molecule has 0 saturated carbocycles. The van der Waals surface area contributed by atoms with Gasteiger partial charge in [0.05, 0.1) is 19.1 Å². The lowest BCUT2D eigenvalue weighted by atomic mass is 10.1. The molecule has 3 amide bonds. The molecular formula is C17H31N5O9. The van der Waals surface area contributed by atoms with Gasteiger partial charge in [0.2, 0.25) is 17.7 Å². The van der Waals surface area contributed by atoms with Crippen LogP contribution in [-0.2, 0) is 24.0 Å². The van der Waals surface area contributed by atoms with Crippen molar-refractivity contribution in [2.24, 2.45) is 11.5 Å². The van der Waals surface area contributed by atoms with Crippen molar-refractivity contribution in [3.8, 4) is 0 Å². The van der Waals surface area contributed by atoms with Crippen LogP contribution in [0.25, 0.3) is 0 Å². The minimum atomic E-state index is -1.68. The van der Waals surface area contributed by atoms with E-state index in [4.69, 9.17) is 16.6 Å². The van der Waals surface area contributed by atoms with E-state index in [1.54, 1.807) is 0 Å². The van der Waals surface area contributed by atoms with Crippen molar-refractivity contribution in [2.75, 3.05) is 13.2 Å². The van der Waals surface area contributed by atoms with Crippen LogP contribution in [0.1, 0.15) is 32.6 Å². The van der Waals surface area contributed by atoms with Crippen LogP contribution in [0.4, 0.5) is 0 Å². The number of amides is 3. The summed E-state index contributed by atoms with van der Waals surface area (Å²) in [4.78, 5) is 59.0. The summed E-state index contributed by atoms with van der Waals surface area (Å²) in [6.45, 7) is 0.644. The van der Waals surface area contributed by atoms with Crippen molar-refractivity contribution in [1.82, 2.24) is 16.0 Å². The van der Waals surface area contributed by atoms with E-state index in [0.29, 0.717) is 19.4 Å². The third-order valence-electron chi connectivity index (χ3n) is 4.21. The number of aliphatic hydroxyl groups is 2. The lowest BCUT2D eigenvalue weighted by Gasteiger charge is -2.24. The molecule has 0 rings (SSSR count). The van der Waals surface area contributed by atoms with Crippen LogP contribution in [0.15, 0.2) is 0 Å². The summed E-state index contributed by atoms with van der Waals surface area (Å²) in [6.07, 6.45) is -1.18. The maximum absolute atomic E-state index is 12.4. The summed E-state index contributed by atoms with van der Waals surface area (Å²) < 4.78 is 0. The van der Waals surface area contributed by atoms with Crippen molar-refractivity contribution >= 4 is 29.7 Å². The van der Waals surface area contributed by atoms with Crippen molar-refractivity contribution in [3.63, 3.8) is 0 Å². The van der Waals surface area contributed by atoms with Crippen molar-refractivity contribution in [3.05, 3.63) is 0 Å². The molecule has 0 bridgehead atoms. The number of hydrogen-bond donors (Lipinski definition) is 9. The van der Waals surface area contributed by atoms with E-state index in [0.717, 1.165) is 0 Å². The van der Waals surface area contributed by atoms with Gasteiger partial charge < -0.3 is 47.8 Å². The predicted molar refractivity (Wildman–Crippen MR) is 105 cm³/mol. The lowest BCUT2D eigenvalue weighted by molar-refractivity contribution is -0.144. The highest BCUT2D eigenvalue weighted by Gasteiger charge is 2.31. The highest BCUT2D eigenvalue weighted by Crippen LogP contribution is 2.03. The van der Waals surface area contributed by atoms with Gasteiger partial charge in [-0.3, -0.25) is 19.2 Å². The zero-order chi connectivity index (χ0) is 24.1. The molecule has 0 fully saturated rings. The fourth-order valence-electron chi connectivity index (χ4n) is 2.36. The summed E-state index contributed by atoms with van der Waals surface area (Å²) in [5.74, 6) is -5.95. The van der Waals surface area contributed by atoms with Gasteiger partial charge in [0, 0.05) is 0 Å². The molecule has 0 aromatic carbocycles. The number of carboxylic acids is 2. The fraction of sp³-hybridized carbons (Fsp3) is 0.706. The number of nitrogens with one attached hydrogen (secondary N) is 3. The number of hydrogen-bond acceptors (Lipinski definition) is 9. The molecule has 0 radical (unpaired) electrons. The summed E-state index contributed by atoms with van der Waals surface area (Å²) in [5, 5.41) is 43.2. The molecule has 11 N–H and O–H groups in total. The largest absolute Gasteiger partial charge is 0.481 e. The number of carbonyl (C=O) groups excluding carboxylic acids is 3. The Morgan fingerprint density at radius 1 is 0.871 bits per heavy atom. The molecule has 14 heteroatoms. The average Bonchev–Trinajstić information content (AvgIpc) is 2.69. The van der Waals surface area contributed by atoms with E-state index in [1.165, 1.54) is 6.92 Å². The Morgan fingerprint density at radius 3 is 1.84 bits per heavy atom. The molecule has 0 aromatic rings. The van der Waals surface area contributed by atoms with Gasteiger partial charge >= 0.3 is 11.9 Å². The molecule has 0 aromatic heterocycles. The minimum Gasteiger partial charge on any atom is -0.481 e. The van der Waals surface area contributed by atoms with Gasteiger partial charge in [-0.25, -0.2) is 4.79 Å². The summed E-state index contributed by atoms with van der Waals surface area (Å²) in [5.41, 5.74) is 10.8. The zero-order valence-electron chi connectivity index (χ0n) is 17.1. The highest BCUT2D eigenvalue weighted by atomic mass is 16.4. The first-order valence-corrected chi connectivity index (χ1v) is 9.54. The standard InChI is InChI=1S/C17H31N5O9/c1-8(24)13(19)16(29)22-11(7-23)15(28)21-10(6-12(25)26)14(27)20-9(17(30)31)4-2-3-5-18/h8-11,13,23-24H,2-7,18-19H2,1H3,(H,20,27)(H,21,28)(H,22,29)(H,25,26)(H,30,31). The van der Waals surface area contributed by atoms with Crippen LogP contribution in [0, 0.1) is 0 Å². The molecule has 0 heterocycles. The lowest BCUT2D eigenvalue weighted by Crippen LogP contribution is -2.59. The van der Waals surface area contributed by atoms with Crippen LogP contribution in [0.2, 0.25) is 0 Å². The summed E-state index contributed by atoms with van der Waals surface area (Å²) in [6, 6.07) is -6.01. The second-order valence-corrected chi connectivity index (χ2v) is 6.85. The molecule has 178 valence electrons. The number of aliphatic hydroxyl groups excluding tert-OH is 2. The average molecular weight is 449 g/mol. The number of rotatable bonds is 15. The Kier molecular flexibility index (Phi) is 12.9.